The van der Waals surface area contributed by atoms with E-state index in [9.17, 15) is 0 Å². The van der Waals surface area contributed by atoms with E-state index in [-0.39, 0.29) is 6.17 Å². The molecule has 17 heavy (non-hydrogen) atoms. The number of fused-ring (bicyclic) bond motifs is 1. The van der Waals surface area contributed by atoms with Crippen molar-refractivity contribution in [2.75, 3.05) is 5.32 Å². The number of hydrogen-bond donors (Lipinski definition) is 2. The summed E-state index contributed by atoms with van der Waals surface area (Å²) < 4.78 is 3.24. The summed E-state index contributed by atoms with van der Waals surface area (Å²) in [4.78, 5) is 0.447. The summed E-state index contributed by atoms with van der Waals surface area (Å²) in [5.74, 6) is 8.27. The minimum atomic E-state index is -1.62. The van der Waals surface area contributed by atoms with Gasteiger partial charge in [0.05, 0.1) is 5.69 Å². The summed E-state index contributed by atoms with van der Waals surface area (Å²) in [7, 11) is -1.62. The first-order valence-corrected chi connectivity index (χ1v) is 8.15. The molecule has 94 valence electrons. The van der Waals surface area contributed by atoms with Crippen molar-refractivity contribution in [3.05, 3.63) is 22.7 Å². The monoisotopic (exact) mass is 310 g/mol. The molecule has 1 unspecified atom stereocenters. The minimum absolute atomic E-state index is 0.269. The van der Waals surface area contributed by atoms with Crippen LogP contribution in [0.15, 0.2) is 17.0 Å². The molecular weight excluding hydrogens is 299 g/mol. The molecule has 0 fully saturated rings. The van der Waals surface area contributed by atoms with Gasteiger partial charge in [-0.2, -0.15) is 0 Å². The van der Waals surface area contributed by atoms with Crippen LogP contribution in [0, 0.1) is 6.92 Å². The van der Waals surface area contributed by atoms with E-state index in [0.717, 1.165) is 16.1 Å². The van der Waals surface area contributed by atoms with Crippen LogP contribution in [0.4, 0.5) is 5.69 Å². The van der Waals surface area contributed by atoms with E-state index in [1.807, 2.05) is 19.1 Å². The van der Waals surface area contributed by atoms with Crippen LogP contribution in [-0.4, -0.2) is 22.7 Å². The highest BCUT2D eigenvalue weighted by Gasteiger charge is 2.26. The number of rotatable bonds is 1. The molecule has 2 N–H and O–H groups in total. The maximum atomic E-state index is 6.11. The van der Waals surface area contributed by atoms with Gasteiger partial charge in [0.15, 0.2) is 0 Å². The van der Waals surface area contributed by atoms with Gasteiger partial charge in [0, 0.05) is 9.92 Å². The predicted octanol–water partition coefficient (Wildman–Crippen LogP) is 3.74. The smallest absolute Gasteiger partial charge is 0.141 e. The lowest BCUT2D eigenvalue weighted by atomic mass is 10.2. The summed E-state index contributed by atoms with van der Waals surface area (Å²) in [6.45, 7) is 1.95. The Morgan fingerprint density at radius 2 is 2.00 bits per heavy atom. The number of nitrogens with one attached hydrogen (secondary N) is 2. The molecule has 1 heterocycles. The van der Waals surface area contributed by atoms with E-state index in [1.54, 1.807) is 0 Å². The Balaban J connectivity index is 2.57. The summed E-state index contributed by atoms with van der Waals surface area (Å²) in [5, 5.41) is 3.90. The van der Waals surface area contributed by atoms with Gasteiger partial charge in [0.25, 0.3) is 0 Å². The third kappa shape index (κ3) is 2.54. The fraction of sp³-hybridized carbons (Fsp3) is 0.273. The average molecular weight is 312 g/mol. The second kappa shape index (κ2) is 4.56. The standard InChI is InChI=1S/C11H13Cl3N2S/c1-6-4-9-8(5-7(6)12)15-11(10(13)14)16-17(9,2)3/h4-5,10-11,15-16H,2-3H2,1H3. The van der Waals surface area contributed by atoms with Crippen LogP contribution >= 0.6 is 44.2 Å². The second-order valence-electron chi connectivity index (χ2n) is 4.06. The molecule has 2 nitrogen and oxygen atoms in total. The lowest BCUT2D eigenvalue weighted by Gasteiger charge is -2.35. The van der Waals surface area contributed by atoms with Gasteiger partial charge in [0.2, 0.25) is 0 Å². The van der Waals surface area contributed by atoms with Gasteiger partial charge in [-0.3, -0.25) is 0 Å². The molecule has 2 rings (SSSR count). The van der Waals surface area contributed by atoms with Crippen molar-refractivity contribution < 1.29 is 0 Å². The van der Waals surface area contributed by atoms with Crippen LogP contribution < -0.4 is 10.0 Å². The summed E-state index contributed by atoms with van der Waals surface area (Å²) in [6.07, 6.45) is -0.269. The highest BCUT2D eigenvalue weighted by atomic mass is 35.5. The van der Waals surface area contributed by atoms with Crippen molar-refractivity contribution in [2.24, 2.45) is 0 Å². The lowest BCUT2D eigenvalue weighted by Crippen LogP contribution is -2.42. The van der Waals surface area contributed by atoms with Crippen LogP contribution in [0.2, 0.25) is 5.02 Å². The SMILES string of the molecule is C=S1(=C)NC(C(Cl)Cl)Nc2cc(Cl)c(C)cc21. The maximum absolute atomic E-state index is 6.11. The van der Waals surface area contributed by atoms with Gasteiger partial charge in [-0.05, 0) is 24.6 Å². The third-order valence-corrected chi connectivity index (χ3v) is 5.39. The van der Waals surface area contributed by atoms with Crippen molar-refractivity contribution in [3.8, 4) is 0 Å². The van der Waals surface area contributed by atoms with Crippen molar-refractivity contribution in [1.29, 1.82) is 0 Å². The van der Waals surface area contributed by atoms with Gasteiger partial charge in [0.1, 0.15) is 11.0 Å². The number of aryl methyl sites for hydroxylation is 1. The van der Waals surface area contributed by atoms with Gasteiger partial charge < -0.3 is 5.32 Å². The quantitative estimate of drug-likeness (QED) is 0.610. The first kappa shape index (κ1) is 13.4. The number of hydrogen-bond acceptors (Lipinski definition) is 2. The van der Waals surface area contributed by atoms with E-state index < -0.39 is 14.2 Å². The molecule has 6 heteroatoms. The Hall–Kier alpha value is -0.0600. The Morgan fingerprint density at radius 1 is 1.35 bits per heavy atom. The molecule has 1 aromatic carbocycles. The Bertz CT molecular complexity index is 552. The molecule has 0 aliphatic carbocycles. The number of anilines is 1. The Kier molecular flexibility index (Phi) is 3.59. The Morgan fingerprint density at radius 3 is 2.59 bits per heavy atom. The molecule has 1 atom stereocenters. The van der Waals surface area contributed by atoms with Gasteiger partial charge >= 0.3 is 0 Å². The molecule has 1 aliphatic rings. The molecule has 0 saturated carbocycles. The van der Waals surface area contributed by atoms with Crippen molar-refractivity contribution in [3.63, 3.8) is 0 Å². The van der Waals surface area contributed by atoms with E-state index in [2.05, 4.69) is 21.8 Å². The highest BCUT2D eigenvalue weighted by molar-refractivity contribution is 8.26. The highest BCUT2D eigenvalue weighted by Crippen LogP contribution is 2.42. The van der Waals surface area contributed by atoms with Crippen LogP contribution in [0.25, 0.3) is 0 Å². The summed E-state index contributed by atoms with van der Waals surface area (Å²) in [5.41, 5.74) is 1.90. The van der Waals surface area contributed by atoms with E-state index >= 15 is 0 Å². The summed E-state index contributed by atoms with van der Waals surface area (Å²) >= 11 is 17.9. The zero-order valence-electron chi connectivity index (χ0n) is 9.27. The van der Waals surface area contributed by atoms with Crippen molar-refractivity contribution >= 4 is 61.6 Å². The molecular formula is C11H13Cl3N2S. The van der Waals surface area contributed by atoms with Gasteiger partial charge in [-0.25, -0.2) is 4.72 Å². The fourth-order valence-electron chi connectivity index (χ4n) is 1.71. The predicted molar refractivity (Wildman–Crippen MR) is 82.3 cm³/mol. The van der Waals surface area contributed by atoms with Crippen LogP contribution in [0.3, 0.4) is 0 Å². The Labute approximate surface area is 117 Å². The number of halogens is 3. The fourth-order valence-corrected chi connectivity index (χ4v) is 4.02. The molecule has 0 amide bonds. The molecule has 0 radical (unpaired) electrons. The second-order valence-corrected chi connectivity index (χ2v) is 8.07. The van der Waals surface area contributed by atoms with Crippen LogP contribution in [-0.2, 0) is 0 Å². The molecule has 0 bridgehead atoms. The molecule has 0 saturated heterocycles. The largest absolute Gasteiger partial charge is 0.366 e. The zero-order chi connectivity index (χ0) is 12.8. The maximum Gasteiger partial charge on any atom is 0.141 e. The number of alkyl halides is 2. The zero-order valence-corrected chi connectivity index (χ0v) is 12.4. The van der Waals surface area contributed by atoms with E-state index in [1.165, 1.54) is 0 Å². The van der Waals surface area contributed by atoms with E-state index in [4.69, 9.17) is 34.8 Å². The third-order valence-electron chi connectivity index (χ3n) is 2.60. The van der Waals surface area contributed by atoms with Crippen molar-refractivity contribution in [1.82, 2.24) is 4.72 Å². The first-order valence-electron chi connectivity index (χ1n) is 4.93. The van der Waals surface area contributed by atoms with Crippen LogP contribution in [0.1, 0.15) is 5.56 Å². The molecule has 0 aromatic heterocycles. The molecule has 1 aliphatic heterocycles. The normalized spacial score (nSPS) is 22.1. The molecule has 1 aromatic rings. The average Bonchev–Trinajstić information content (AvgIpc) is 2.20. The molecule has 0 spiro atoms. The summed E-state index contributed by atoms with van der Waals surface area (Å²) in [6, 6.07) is 3.87. The van der Waals surface area contributed by atoms with E-state index in [0.29, 0.717) is 5.02 Å². The van der Waals surface area contributed by atoms with Crippen LogP contribution in [0.5, 0.6) is 0 Å². The van der Waals surface area contributed by atoms with Crippen molar-refractivity contribution in [2.45, 2.75) is 22.8 Å². The number of benzene rings is 1. The minimum Gasteiger partial charge on any atom is -0.366 e. The first-order chi connectivity index (χ1) is 7.81. The van der Waals surface area contributed by atoms with Gasteiger partial charge in [-0.15, -0.1) is 32.6 Å². The topological polar surface area (TPSA) is 24.1 Å². The lowest BCUT2D eigenvalue weighted by molar-refractivity contribution is 0.746. The van der Waals surface area contributed by atoms with Gasteiger partial charge in [-0.1, -0.05) is 23.3 Å².